The van der Waals surface area contributed by atoms with E-state index < -0.39 is 17.5 Å². The summed E-state index contributed by atoms with van der Waals surface area (Å²) < 4.78 is 5.09. The third kappa shape index (κ3) is 3.89. The van der Waals surface area contributed by atoms with Gasteiger partial charge in [0.2, 0.25) is 11.8 Å². The van der Waals surface area contributed by atoms with Crippen LogP contribution in [0.4, 0.5) is 0 Å². The molecule has 1 atom stereocenters. The first-order valence-corrected chi connectivity index (χ1v) is 5.70. The monoisotopic (exact) mass is 253 g/mol. The van der Waals surface area contributed by atoms with Crippen LogP contribution in [0.25, 0.3) is 0 Å². The Bertz CT molecular complexity index is 412. The number of amides is 2. The van der Waals surface area contributed by atoms with Crippen molar-refractivity contribution in [3.8, 4) is 0 Å². The van der Waals surface area contributed by atoms with E-state index in [0.29, 0.717) is 12.3 Å². The Morgan fingerprint density at radius 3 is 2.67 bits per heavy atom. The Balaban J connectivity index is 2.44. The summed E-state index contributed by atoms with van der Waals surface area (Å²) in [4.78, 5) is 22.9. The molecule has 6 heteroatoms. The summed E-state index contributed by atoms with van der Waals surface area (Å²) in [6.07, 6.45) is 1.54. The van der Waals surface area contributed by atoms with E-state index >= 15 is 0 Å². The molecular formula is C12H19N3O3. The number of carbonyl (C=O) groups is 2. The van der Waals surface area contributed by atoms with Crippen LogP contribution in [0.3, 0.4) is 0 Å². The number of carbonyl (C=O) groups excluding carboxylic acids is 2. The van der Waals surface area contributed by atoms with Crippen molar-refractivity contribution >= 4 is 11.8 Å². The SMILES string of the molecule is CC(NC(C)(C)C(N)=O)C(=O)NCc1ccco1. The lowest BCUT2D eigenvalue weighted by atomic mass is 10.0. The van der Waals surface area contributed by atoms with Crippen LogP contribution < -0.4 is 16.4 Å². The average molecular weight is 253 g/mol. The highest BCUT2D eigenvalue weighted by atomic mass is 16.3. The summed E-state index contributed by atoms with van der Waals surface area (Å²) in [5.41, 5.74) is 4.29. The van der Waals surface area contributed by atoms with Gasteiger partial charge in [0.05, 0.1) is 24.4 Å². The molecule has 0 aromatic carbocycles. The molecule has 0 aliphatic carbocycles. The Morgan fingerprint density at radius 1 is 1.50 bits per heavy atom. The first-order chi connectivity index (χ1) is 8.33. The lowest BCUT2D eigenvalue weighted by Gasteiger charge is -2.26. The van der Waals surface area contributed by atoms with Crippen LogP contribution >= 0.6 is 0 Å². The van der Waals surface area contributed by atoms with E-state index in [2.05, 4.69) is 10.6 Å². The highest BCUT2D eigenvalue weighted by Crippen LogP contribution is 2.03. The Kier molecular flexibility index (Phi) is 4.49. The molecule has 0 fully saturated rings. The second-order valence-electron chi connectivity index (χ2n) is 4.65. The fourth-order valence-corrected chi connectivity index (χ4v) is 1.42. The first-order valence-electron chi connectivity index (χ1n) is 5.70. The van der Waals surface area contributed by atoms with E-state index in [0.717, 1.165) is 0 Å². The van der Waals surface area contributed by atoms with Crippen molar-refractivity contribution in [3.63, 3.8) is 0 Å². The molecule has 1 aromatic rings. The maximum atomic E-state index is 11.8. The summed E-state index contributed by atoms with van der Waals surface area (Å²) in [7, 11) is 0. The second-order valence-corrected chi connectivity index (χ2v) is 4.65. The quantitative estimate of drug-likeness (QED) is 0.671. The van der Waals surface area contributed by atoms with Gasteiger partial charge in [-0.3, -0.25) is 14.9 Å². The minimum Gasteiger partial charge on any atom is -0.467 e. The lowest BCUT2D eigenvalue weighted by Crippen LogP contribution is -2.57. The number of rotatable bonds is 6. The van der Waals surface area contributed by atoms with E-state index in [-0.39, 0.29) is 5.91 Å². The smallest absolute Gasteiger partial charge is 0.237 e. The first kappa shape index (κ1) is 14.2. The summed E-state index contributed by atoms with van der Waals surface area (Å²) in [6, 6.07) is 2.99. The Labute approximate surface area is 106 Å². The van der Waals surface area contributed by atoms with Crippen LogP contribution in [-0.4, -0.2) is 23.4 Å². The van der Waals surface area contributed by atoms with Crippen molar-refractivity contribution in [2.75, 3.05) is 0 Å². The normalized spacial score (nSPS) is 13.1. The predicted molar refractivity (Wildman–Crippen MR) is 66.4 cm³/mol. The second kappa shape index (κ2) is 5.68. The van der Waals surface area contributed by atoms with Gasteiger partial charge in [-0.15, -0.1) is 0 Å². The number of nitrogens with two attached hydrogens (primary N) is 1. The number of hydrogen-bond acceptors (Lipinski definition) is 4. The number of hydrogen-bond donors (Lipinski definition) is 3. The van der Waals surface area contributed by atoms with Gasteiger partial charge < -0.3 is 15.5 Å². The molecule has 1 heterocycles. The fraction of sp³-hybridized carbons (Fsp3) is 0.500. The maximum Gasteiger partial charge on any atom is 0.237 e. The zero-order valence-electron chi connectivity index (χ0n) is 10.8. The van der Waals surface area contributed by atoms with Crippen LogP contribution in [-0.2, 0) is 16.1 Å². The minimum absolute atomic E-state index is 0.222. The standard InChI is InChI=1S/C12H19N3O3/c1-8(15-12(2,3)11(13)17)10(16)14-7-9-5-4-6-18-9/h4-6,8,15H,7H2,1-3H3,(H2,13,17)(H,14,16). The molecule has 4 N–H and O–H groups in total. The van der Waals surface area contributed by atoms with Gasteiger partial charge in [0, 0.05) is 0 Å². The highest BCUT2D eigenvalue weighted by Gasteiger charge is 2.28. The molecule has 0 radical (unpaired) electrons. The van der Waals surface area contributed by atoms with E-state index in [1.165, 1.54) is 0 Å². The van der Waals surface area contributed by atoms with Gasteiger partial charge in [0.25, 0.3) is 0 Å². The molecule has 1 aromatic heterocycles. The van der Waals surface area contributed by atoms with Crippen LogP contribution in [0.15, 0.2) is 22.8 Å². The summed E-state index contributed by atoms with van der Waals surface area (Å²) in [5, 5.41) is 5.57. The molecule has 0 bridgehead atoms. The zero-order chi connectivity index (χ0) is 13.8. The van der Waals surface area contributed by atoms with Gasteiger partial charge in [-0.05, 0) is 32.9 Å². The average Bonchev–Trinajstić information content (AvgIpc) is 2.77. The zero-order valence-corrected chi connectivity index (χ0v) is 10.8. The van der Waals surface area contributed by atoms with Gasteiger partial charge in [-0.2, -0.15) is 0 Å². The van der Waals surface area contributed by atoms with Crippen molar-refractivity contribution in [1.82, 2.24) is 10.6 Å². The minimum atomic E-state index is -0.929. The van der Waals surface area contributed by atoms with Crippen molar-refractivity contribution in [2.24, 2.45) is 5.73 Å². The van der Waals surface area contributed by atoms with Crippen LogP contribution in [0.5, 0.6) is 0 Å². The van der Waals surface area contributed by atoms with Gasteiger partial charge in [-0.1, -0.05) is 0 Å². The molecule has 1 unspecified atom stereocenters. The maximum absolute atomic E-state index is 11.8. The number of furan rings is 1. The van der Waals surface area contributed by atoms with Crippen LogP contribution in [0.2, 0.25) is 0 Å². The summed E-state index contributed by atoms with van der Waals surface area (Å²) in [5.74, 6) is -0.0568. The molecule has 1 rings (SSSR count). The molecule has 0 spiro atoms. The molecule has 18 heavy (non-hydrogen) atoms. The number of nitrogens with one attached hydrogen (secondary N) is 2. The molecular weight excluding hydrogens is 234 g/mol. The third-order valence-corrected chi connectivity index (χ3v) is 2.60. The Morgan fingerprint density at radius 2 is 2.17 bits per heavy atom. The largest absolute Gasteiger partial charge is 0.467 e. The fourth-order valence-electron chi connectivity index (χ4n) is 1.42. The molecule has 0 aliphatic heterocycles. The molecule has 0 saturated carbocycles. The van der Waals surface area contributed by atoms with Crippen LogP contribution in [0, 0.1) is 0 Å². The van der Waals surface area contributed by atoms with Crippen molar-refractivity contribution < 1.29 is 14.0 Å². The number of primary amides is 1. The van der Waals surface area contributed by atoms with Crippen molar-refractivity contribution in [1.29, 1.82) is 0 Å². The third-order valence-electron chi connectivity index (χ3n) is 2.60. The van der Waals surface area contributed by atoms with E-state index in [1.807, 2.05) is 0 Å². The molecule has 2 amide bonds. The van der Waals surface area contributed by atoms with E-state index in [4.69, 9.17) is 10.2 Å². The summed E-state index contributed by atoms with van der Waals surface area (Å²) >= 11 is 0. The van der Waals surface area contributed by atoms with Gasteiger partial charge in [-0.25, -0.2) is 0 Å². The van der Waals surface area contributed by atoms with Gasteiger partial charge in [0.1, 0.15) is 5.76 Å². The molecule has 6 nitrogen and oxygen atoms in total. The van der Waals surface area contributed by atoms with Crippen LogP contribution in [0.1, 0.15) is 26.5 Å². The molecule has 0 aliphatic rings. The van der Waals surface area contributed by atoms with Gasteiger partial charge in [0.15, 0.2) is 0 Å². The Hall–Kier alpha value is -1.82. The van der Waals surface area contributed by atoms with E-state index in [1.54, 1.807) is 39.2 Å². The van der Waals surface area contributed by atoms with Crippen molar-refractivity contribution in [3.05, 3.63) is 24.2 Å². The molecule has 0 saturated heterocycles. The van der Waals surface area contributed by atoms with Crippen molar-refractivity contribution in [2.45, 2.75) is 38.9 Å². The molecule has 100 valence electrons. The summed E-state index contributed by atoms with van der Waals surface area (Å²) in [6.45, 7) is 5.24. The lowest BCUT2D eigenvalue weighted by molar-refractivity contribution is -0.126. The van der Waals surface area contributed by atoms with Gasteiger partial charge >= 0.3 is 0 Å². The highest BCUT2D eigenvalue weighted by molar-refractivity contribution is 5.86. The predicted octanol–water partition coefficient (Wildman–Crippen LogP) is 0.138. The van der Waals surface area contributed by atoms with E-state index in [9.17, 15) is 9.59 Å². The topological polar surface area (TPSA) is 97.4 Å².